The van der Waals surface area contributed by atoms with Gasteiger partial charge in [0, 0.05) is 18.9 Å². The molecule has 1 unspecified atom stereocenters. The van der Waals surface area contributed by atoms with Gasteiger partial charge in [-0.15, -0.1) is 11.3 Å². The van der Waals surface area contributed by atoms with Crippen molar-refractivity contribution in [3.05, 3.63) is 40.0 Å². The fraction of sp³-hybridized carbons (Fsp3) is 0.353. The molecule has 0 aliphatic carbocycles. The Morgan fingerprint density at radius 3 is 3.04 bits per heavy atom. The topological polar surface area (TPSA) is 78.3 Å². The Labute approximate surface area is 148 Å². The normalized spacial score (nSPS) is 16.6. The number of rotatable bonds is 5. The molecule has 130 valence electrons. The maximum Gasteiger partial charge on any atom is 0.272 e. The minimum atomic E-state index is -0.203. The summed E-state index contributed by atoms with van der Waals surface area (Å²) >= 11 is 1.57. The molecule has 1 aromatic carbocycles. The van der Waals surface area contributed by atoms with Crippen LogP contribution in [0.3, 0.4) is 0 Å². The fourth-order valence-electron chi connectivity index (χ4n) is 2.71. The predicted molar refractivity (Wildman–Crippen MR) is 93.7 cm³/mol. The first kappa shape index (κ1) is 16.0. The van der Waals surface area contributed by atoms with Gasteiger partial charge in [0.05, 0.1) is 28.2 Å². The van der Waals surface area contributed by atoms with Crippen LogP contribution in [-0.2, 0) is 18.4 Å². The van der Waals surface area contributed by atoms with Crippen molar-refractivity contribution in [2.24, 2.45) is 7.05 Å². The standard InChI is InChI=1S/C17H18N4O3S/c1-10-14(25-9-18-10)8-24-11-3-4-13-12(7-11)16(21(2)20-13)17(22)19-15-5-6-23-15/h3-4,7,9,15H,5-6,8H2,1-2H3,(H,19,22). The third kappa shape index (κ3) is 3.10. The monoisotopic (exact) mass is 358 g/mol. The number of ether oxygens (including phenoxy) is 2. The van der Waals surface area contributed by atoms with Crippen molar-refractivity contribution in [1.29, 1.82) is 0 Å². The van der Waals surface area contributed by atoms with Gasteiger partial charge < -0.3 is 14.8 Å². The average molecular weight is 358 g/mol. The number of nitrogens with one attached hydrogen (secondary N) is 1. The number of hydrogen-bond donors (Lipinski definition) is 1. The number of benzene rings is 1. The van der Waals surface area contributed by atoms with Crippen LogP contribution in [0.15, 0.2) is 23.7 Å². The van der Waals surface area contributed by atoms with E-state index in [0.29, 0.717) is 24.7 Å². The first-order chi connectivity index (χ1) is 12.1. The Balaban J connectivity index is 1.59. The van der Waals surface area contributed by atoms with Gasteiger partial charge in [0.1, 0.15) is 24.3 Å². The zero-order chi connectivity index (χ0) is 17.4. The number of aromatic nitrogens is 3. The van der Waals surface area contributed by atoms with Crippen molar-refractivity contribution >= 4 is 28.1 Å². The molecule has 0 spiro atoms. The van der Waals surface area contributed by atoms with Gasteiger partial charge >= 0.3 is 0 Å². The lowest BCUT2D eigenvalue weighted by molar-refractivity contribution is -0.0648. The van der Waals surface area contributed by atoms with E-state index in [1.54, 1.807) is 23.1 Å². The van der Waals surface area contributed by atoms with Crippen molar-refractivity contribution in [3.8, 4) is 5.75 Å². The van der Waals surface area contributed by atoms with Crippen molar-refractivity contribution in [1.82, 2.24) is 20.1 Å². The van der Waals surface area contributed by atoms with Crippen molar-refractivity contribution < 1.29 is 14.3 Å². The van der Waals surface area contributed by atoms with Gasteiger partial charge in [-0.3, -0.25) is 9.48 Å². The van der Waals surface area contributed by atoms with Gasteiger partial charge in [0.15, 0.2) is 0 Å². The van der Waals surface area contributed by atoms with E-state index in [1.165, 1.54) is 0 Å². The summed E-state index contributed by atoms with van der Waals surface area (Å²) in [4.78, 5) is 17.9. The number of carbonyl (C=O) groups is 1. The number of thiazole rings is 1. The molecule has 0 bridgehead atoms. The zero-order valence-electron chi connectivity index (χ0n) is 14.0. The molecule has 1 saturated heterocycles. The van der Waals surface area contributed by atoms with Crippen LogP contribution in [0, 0.1) is 6.92 Å². The van der Waals surface area contributed by atoms with Crippen LogP contribution in [0.2, 0.25) is 0 Å². The minimum Gasteiger partial charge on any atom is -0.488 e. The third-order valence-corrected chi connectivity index (χ3v) is 5.13. The lowest BCUT2D eigenvalue weighted by atomic mass is 10.2. The smallest absolute Gasteiger partial charge is 0.272 e. The van der Waals surface area contributed by atoms with Crippen molar-refractivity contribution in [2.75, 3.05) is 6.61 Å². The highest BCUT2D eigenvalue weighted by Crippen LogP contribution is 2.25. The summed E-state index contributed by atoms with van der Waals surface area (Å²) in [5, 5.41) is 8.03. The summed E-state index contributed by atoms with van der Waals surface area (Å²) in [7, 11) is 1.76. The fourth-order valence-corrected chi connectivity index (χ4v) is 3.40. The van der Waals surface area contributed by atoms with Crippen molar-refractivity contribution in [2.45, 2.75) is 26.2 Å². The molecule has 4 rings (SSSR count). The zero-order valence-corrected chi connectivity index (χ0v) is 14.8. The Hall–Kier alpha value is -2.45. The van der Waals surface area contributed by atoms with Gasteiger partial charge in [-0.05, 0) is 25.1 Å². The molecule has 1 aliphatic rings. The van der Waals surface area contributed by atoms with Gasteiger partial charge in [-0.1, -0.05) is 0 Å². The third-order valence-electron chi connectivity index (χ3n) is 4.23. The molecule has 25 heavy (non-hydrogen) atoms. The molecule has 8 heteroatoms. The van der Waals surface area contributed by atoms with Crippen LogP contribution >= 0.6 is 11.3 Å². The average Bonchev–Trinajstić information content (AvgIpc) is 3.10. The Morgan fingerprint density at radius 2 is 2.36 bits per heavy atom. The van der Waals surface area contributed by atoms with Crippen LogP contribution in [0.4, 0.5) is 0 Å². The molecule has 7 nitrogen and oxygen atoms in total. The second kappa shape index (κ2) is 6.45. The Bertz CT molecular complexity index is 929. The lowest BCUT2D eigenvalue weighted by Crippen LogP contribution is -2.44. The first-order valence-electron chi connectivity index (χ1n) is 8.03. The van der Waals surface area contributed by atoms with E-state index in [-0.39, 0.29) is 12.1 Å². The summed E-state index contributed by atoms with van der Waals surface area (Å²) in [5.41, 5.74) is 4.05. The number of carbonyl (C=O) groups excluding carboxylic acids is 1. The lowest BCUT2D eigenvalue weighted by Gasteiger charge is -2.27. The molecular weight excluding hydrogens is 340 g/mol. The molecule has 1 atom stereocenters. The Morgan fingerprint density at radius 1 is 1.52 bits per heavy atom. The summed E-state index contributed by atoms with van der Waals surface area (Å²) < 4.78 is 12.7. The van der Waals surface area contributed by atoms with Gasteiger partial charge in [0.2, 0.25) is 0 Å². The van der Waals surface area contributed by atoms with Crippen LogP contribution in [-0.4, -0.2) is 33.5 Å². The van der Waals surface area contributed by atoms with Gasteiger partial charge in [-0.2, -0.15) is 5.10 Å². The first-order valence-corrected chi connectivity index (χ1v) is 8.91. The summed E-state index contributed by atoms with van der Waals surface area (Å²) in [6.45, 7) is 3.11. The SMILES string of the molecule is Cc1ncsc1COc1ccc2nn(C)c(C(=O)NC3CCO3)c2c1. The highest BCUT2D eigenvalue weighted by atomic mass is 32.1. The largest absolute Gasteiger partial charge is 0.488 e. The van der Waals surface area contributed by atoms with E-state index in [1.807, 2.05) is 30.6 Å². The van der Waals surface area contributed by atoms with Crippen LogP contribution in [0.25, 0.3) is 10.9 Å². The molecule has 2 aromatic heterocycles. The van der Waals surface area contributed by atoms with Crippen molar-refractivity contribution in [3.63, 3.8) is 0 Å². The van der Waals surface area contributed by atoms with Crippen LogP contribution in [0.1, 0.15) is 27.5 Å². The molecule has 3 aromatic rings. The Kier molecular flexibility index (Phi) is 4.14. The van der Waals surface area contributed by atoms with E-state index in [2.05, 4.69) is 15.4 Å². The summed E-state index contributed by atoms with van der Waals surface area (Å²) in [6, 6.07) is 5.58. The second-order valence-electron chi connectivity index (χ2n) is 5.92. The number of fused-ring (bicyclic) bond motifs is 1. The molecule has 1 aliphatic heterocycles. The molecule has 3 heterocycles. The van der Waals surface area contributed by atoms with Crippen LogP contribution in [0.5, 0.6) is 5.75 Å². The molecule has 0 saturated carbocycles. The highest BCUT2D eigenvalue weighted by Gasteiger charge is 2.24. The molecular formula is C17H18N4O3S. The van der Waals surface area contributed by atoms with Crippen LogP contribution < -0.4 is 10.1 Å². The molecule has 1 amide bonds. The number of nitrogens with zero attached hydrogens (tertiary/aromatic N) is 3. The number of hydrogen-bond acceptors (Lipinski definition) is 6. The quantitative estimate of drug-likeness (QED) is 0.758. The maximum absolute atomic E-state index is 12.5. The number of amides is 1. The van der Waals surface area contributed by atoms with Gasteiger partial charge in [0.25, 0.3) is 5.91 Å². The summed E-state index contributed by atoms with van der Waals surface area (Å²) in [5.74, 6) is 0.507. The van der Waals surface area contributed by atoms with E-state index in [0.717, 1.165) is 27.9 Å². The number of aryl methyl sites for hydroxylation is 2. The molecule has 0 radical (unpaired) electrons. The van der Waals surface area contributed by atoms with E-state index >= 15 is 0 Å². The second-order valence-corrected chi connectivity index (χ2v) is 6.86. The molecule has 1 fully saturated rings. The van der Waals surface area contributed by atoms with E-state index < -0.39 is 0 Å². The maximum atomic E-state index is 12.5. The molecule has 1 N–H and O–H groups in total. The minimum absolute atomic E-state index is 0.190. The van der Waals surface area contributed by atoms with E-state index in [9.17, 15) is 4.79 Å². The highest BCUT2D eigenvalue weighted by molar-refractivity contribution is 7.09. The van der Waals surface area contributed by atoms with E-state index in [4.69, 9.17) is 9.47 Å². The summed E-state index contributed by atoms with van der Waals surface area (Å²) in [6.07, 6.45) is 0.635. The van der Waals surface area contributed by atoms with Gasteiger partial charge in [-0.25, -0.2) is 4.98 Å². The predicted octanol–water partition coefficient (Wildman–Crippen LogP) is 2.39.